The lowest BCUT2D eigenvalue weighted by molar-refractivity contribution is 0.500. The van der Waals surface area contributed by atoms with Gasteiger partial charge in [-0.3, -0.25) is 4.57 Å². The largest absolute Gasteiger partial charge is 0.445 e. The summed E-state index contributed by atoms with van der Waals surface area (Å²) in [7, 11) is -1.90. The smallest absolute Gasteiger partial charge is 0.236 e. The summed E-state index contributed by atoms with van der Waals surface area (Å²) in [5, 5.41) is 0. The first kappa shape index (κ1) is 18.3. The molecule has 1 rings (SSSR count). The fourth-order valence-electron chi connectivity index (χ4n) is 2.43. The molecule has 0 radical (unpaired) electrons. The second-order valence-corrected chi connectivity index (χ2v) is 7.17. The minimum absolute atomic E-state index is 0.718. The van der Waals surface area contributed by atoms with E-state index in [0.717, 1.165) is 18.3 Å². The maximum Gasteiger partial charge on any atom is 0.236 e. The number of rotatable bonds is 13. The van der Waals surface area contributed by atoms with Gasteiger partial charge in [-0.2, -0.15) is 0 Å². The van der Waals surface area contributed by atoms with Crippen LogP contribution in [-0.2, 0) is 4.57 Å². The summed E-state index contributed by atoms with van der Waals surface area (Å²) in [4.78, 5) is 0. The zero-order valence-corrected chi connectivity index (χ0v) is 14.5. The van der Waals surface area contributed by atoms with E-state index in [0.29, 0.717) is 0 Å². The lowest BCUT2D eigenvalue weighted by Crippen LogP contribution is -1.88. The van der Waals surface area contributed by atoms with Crippen LogP contribution in [0.5, 0.6) is 5.75 Å². The number of para-hydroxylation sites is 1. The lowest BCUT2D eigenvalue weighted by Gasteiger charge is -2.06. The van der Waals surface area contributed by atoms with E-state index in [2.05, 4.69) is 6.92 Å². The maximum absolute atomic E-state index is 11.8. The lowest BCUT2D eigenvalue weighted by atomic mass is 10.1. The molecule has 1 atom stereocenters. The summed E-state index contributed by atoms with van der Waals surface area (Å²) < 4.78 is 17.3. The van der Waals surface area contributed by atoms with E-state index in [1.54, 1.807) is 0 Å². The molecule has 0 spiro atoms. The van der Waals surface area contributed by atoms with E-state index in [-0.39, 0.29) is 0 Å². The maximum atomic E-state index is 11.8. The van der Waals surface area contributed by atoms with Crippen molar-refractivity contribution in [3.8, 4) is 5.75 Å². The Balaban J connectivity index is 1.89. The van der Waals surface area contributed by atoms with Gasteiger partial charge in [-0.25, -0.2) is 0 Å². The highest BCUT2D eigenvalue weighted by Gasteiger charge is 2.01. The molecule has 1 aromatic rings. The molecule has 0 aliphatic rings. The third kappa shape index (κ3) is 10.6. The van der Waals surface area contributed by atoms with Gasteiger partial charge in [-0.05, 0) is 18.6 Å². The van der Waals surface area contributed by atoms with Crippen molar-refractivity contribution in [3.05, 3.63) is 30.3 Å². The molecular formula is C18H31O2P. The van der Waals surface area contributed by atoms with Crippen LogP contribution in [0.2, 0.25) is 0 Å². The van der Waals surface area contributed by atoms with Crippen molar-refractivity contribution >= 4 is 8.03 Å². The van der Waals surface area contributed by atoms with E-state index in [9.17, 15) is 4.57 Å². The summed E-state index contributed by atoms with van der Waals surface area (Å²) in [6, 6.07) is 9.48. The summed E-state index contributed by atoms with van der Waals surface area (Å²) in [5.74, 6) is 0.730. The fourth-order valence-corrected chi connectivity index (χ4v) is 3.47. The predicted molar refractivity (Wildman–Crippen MR) is 92.8 cm³/mol. The third-order valence-corrected chi connectivity index (χ3v) is 4.93. The van der Waals surface area contributed by atoms with Gasteiger partial charge in [0, 0.05) is 6.16 Å². The highest BCUT2D eigenvalue weighted by molar-refractivity contribution is 7.39. The Labute approximate surface area is 131 Å². The summed E-state index contributed by atoms with van der Waals surface area (Å²) in [6.45, 7) is 2.26. The van der Waals surface area contributed by atoms with Crippen LogP contribution in [-0.4, -0.2) is 6.16 Å². The Morgan fingerprint density at radius 3 is 1.90 bits per heavy atom. The SMILES string of the molecule is CCCCCCCCCCCC[PH](=O)Oc1ccccc1. The van der Waals surface area contributed by atoms with E-state index in [4.69, 9.17) is 4.52 Å². The quantitative estimate of drug-likeness (QED) is 0.308. The first-order valence-corrected chi connectivity index (χ1v) is 10.1. The summed E-state index contributed by atoms with van der Waals surface area (Å²) >= 11 is 0. The Morgan fingerprint density at radius 1 is 0.810 bits per heavy atom. The van der Waals surface area contributed by atoms with Gasteiger partial charge in [0.15, 0.2) is 0 Å². The van der Waals surface area contributed by atoms with Crippen molar-refractivity contribution in [2.24, 2.45) is 0 Å². The van der Waals surface area contributed by atoms with Gasteiger partial charge in [0.1, 0.15) is 5.75 Å². The van der Waals surface area contributed by atoms with Crippen molar-refractivity contribution < 1.29 is 9.09 Å². The zero-order valence-electron chi connectivity index (χ0n) is 13.5. The Bertz CT molecular complexity index is 365. The molecule has 0 heterocycles. The standard InChI is InChI=1S/C18H31O2P/c1-2-3-4-5-6-7-8-9-10-14-17-21(19)20-18-15-12-11-13-16-18/h11-13,15-16,21H,2-10,14,17H2,1H3. The van der Waals surface area contributed by atoms with Gasteiger partial charge in [0.05, 0.1) is 0 Å². The van der Waals surface area contributed by atoms with Crippen LogP contribution in [0.25, 0.3) is 0 Å². The van der Waals surface area contributed by atoms with E-state index in [1.165, 1.54) is 57.8 Å². The highest BCUT2D eigenvalue weighted by Crippen LogP contribution is 2.27. The van der Waals surface area contributed by atoms with E-state index >= 15 is 0 Å². The molecule has 0 saturated heterocycles. The topological polar surface area (TPSA) is 26.3 Å². The molecule has 0 bridgehead atoms. The Kier molecular flexibility index (Phi) is 11.3. The number of hydrogen-bond acceptors (Lipinski definition) is 2. The Hall–Kier alpha value is -0.750. The average molecular weight is 310 g/mol. The van der Waals surface area contributed by atoms with Crippen molar-refractivity contribution in [2.45, 2.75) is 71.1 Å². The molecule has 3 heteroatoms. The zero-order chi connectivity index (χ0) is 15.2. The molecule has 21 heavy (non-hydrogen) atoms. The minimum atomic E-state index is -1.90. The molecule has 0 aliphatic carbocycles. The molecule has 0 aromatic heterocycles. The first-order chi connectivity index (χ1) is 10.3. The number of hydrogen-bond donors (Lipinski definition) is 0. The van der Waals surface area contributed by atoms with Gasteiger partial charge < -0.3 is 4.52 Å². The summed E-state index contributed by atoms with van der Waals surface area (Å²) in [6.07, 6.45) is 13.8. The van der Waals surface area contributed by atoms with Crippen LogP contribution in [0.3, 0.4) is 0 Å². The highest BCUT2D eigenvalue weighted by atomic mass is 31.1. The molecule has 1 aromatic carbocycles. The molecule has 120 valence electrons. The van der Waals surface area contributed by atoms with Crippen LogP contribution in [0.4, 0.5) is 0 Å². The van der Waals surface area contributed by atoms with Gasteiger partial charge in [-0.15, -0.1) is 0 Å². The molecule has 2 nitrogen and oxygen atoms in total. The second kappa shape index (κ2) is 13.0. The normalized spacial score (nSPS) is 12.2. The Morgan fingerprint density at radius 2 is 1.33 bits per heavy atom. The molecule has 1 unspecified atom stereocenters. The van der Waals surface area contributed by atoms with Crippen LogP contribution in [0, 0.1) is 0 Å². The van der Waals surface area contributed by atoms with E-state index < -0.39 is 8.03 Å². The van der Waals surface area contributed by atoms with Crippen LogP contribution >= 0.6 is 8.03 Å². The fraction of sp³-hybridized carbons (Fsp3) is 0.667. The van der Waals surface area contributed by atoms with Crippen molar-refractivity contribution in [1.29, 1.82) is 0 Å². The van der Waals surface area contributed by atoms with Crippen molar-refractivity contribution in [2.75, 3.05) is 6.16 Å². The van der Waals surface area contributed by atoms with Crippen LogP contribution in [0.1, 0.15) is 71.1 Å². The minimum Gasteiger partial charge on any atom is -0.445 e. The average Bonchev–Trinajstić information content (AvgIpc) is 2.50. The third-order valence-electron chi connectivity index (χ3n) is 3.71. The monoisotopic (exact) mass is 310 g/mol. The predicted octanol–water partition coefficient (Wildman–Crippen LogP) is 6.46. The molecule has 0 N–H and O–H groups in total. The molecule has 0 saturated carbocycles. The van der Waals surface area contributed by atoms with Crippen molar-refractivity contribution in [1.82, 2.24) is 0 Å². The second-order valence-electron chi connectivity index (χ2n) is 5.72. The van der Waals surface area contributed by atoms with Crippen LogP contribution < -0.4 is 4.52 Å². The first-order valence-electron chi connectivity index (χ1n) is 8.58. The molecule has 0 amide bonds. The molecular weight excluding hydrogens is 279 g/mol. The van der Waals surface area contributed by atoms with Gasteiger partial charge in [0.25, 0.3) is 0 Å². The summed E-state index contributed by atoms with van der Waals surface area (Å²) in [5.41, 5.74) is 0. The molecule has 0 fully saturated rings. The van der Waals surface area contributed by atoms with Gasteiger partial charge in [-0.1, -0.05) is 82.9 Å². The molecule has 0 aliphatic heterocycles. The number of unbranched alkanes of at least 4 members (excludes halogenated alkanes) is 9. The van der Waals surface area contributed by atoms with Crippen molar-refractivity contribution in [3.63, 3.8) is 0 Å². The van der Waals surface area contributed by atoms with Crippen LogP contribution in [0.15, 0.2) is 30.3 Å². The number of benzene rings is 1. The van der Waals surface area contributed by atoms with Gasteiger partial charge in [0.2, 0.25) is 8.03 Å². The van der Waals surface area contributed by atoms with E-state index in [1.807, 2.05) is 30.3 Å². The van der Waals surface area contributed by atoms with Gasteiger partial charge >= 0.3 is 0 Å².